The topological polar surface area (TPSA) is 0 Å². The molecule has 0 heterocycles. The molecule has 0 aliphatic carbocycles. The van der Waals surface area contributed by atoms with Crippen molar-refractivity contribution in [3.8, 4) is 0 Å². The Bertz CT molecular complexity index is 579. The lowest BCUT2D eigenvalue weighted by Gasteiger charge is -2.15. The maximum atomic E-state index is 14.0. The molecule has 18 heavy (non-hydrogen) atoms. The molecule has 2 rings (SSSR count). The number of hydrogen-bond acceptors (Lipinski definition) is 0. The molecule has 0 aromatic heterocycles. The minimum atomic E-state index is -0.202. The Labute approximate surface area is 123 Å². The van der Waals surface area contributed by atoms with Gasteiger partial charge in [-0.2, -0.15) is 0 Å². The molecule has 3 heteroatoms. The quantitative estimate of drug-likeness (QED) is 0.595. The van der Waals surface area contributed by atoms with E-state index in [0.29, 0.717) is 5.56 Å². The van der Waals surface area contributed by atoms with E-state index in [2.05, 4.69) is 50.1 Å². The number of halogens is 3. The average Bonchev–Trinajstić information content (AvgIpc) is 2.31. The van der Waals surface area contributed by atoms with Crippen LogP contribution in [0, 0.1) is 19.7 Å². The molecule has 0 radical (unpaired) electrons. The molecule has 0 aliphatic heterocycles. The van der Waals surface area contributed by atoms with Crippen LogP contribution in [-0.4, -0.2) is 0 Å². The van der Waals surface area contributed by atoms with Gasteiger partial charge < -0.3 is 0 Å². The molecule has 2 aromatic rings. The zero-order valence-corrected chi connectivity index (χ0v) is 13.3. The molecule has 0 spiro atoms. The summed E-state index contributed by atoms with van der Waals surface area (Å²) in [7, 11) is 0. The Kier molecular flexibility index (Phi) is 4.23. The highest BCUT2D eigenvalue weighted by Gasteiger charge is 2.16. The lowest BCUT2D eigenvalue weighted by atomic mass is 9.98. The number of rotatable bonds is 2. The molecule has 0 aliphatic rings. The second-order valence-corrected chi connectivity index (χ2v) is 6.22. The van der Waals surface area contributed by atoms with Crippen molar-refractivity contribution in [2.75, 3.05) is 0 Å². The van der Waals surface area contributed by atoms with E-state index in [1.165, 1.54) is 11.6 Å². The third-order valence-corrected chi connectivity index (χ3v) is 4.42. The van der Waals surface area contributed by atoms with E-state index in [0.717, 1.165) is 15.6 Å². The molecule has 0 saturated heterocycles. The van der Waals surface area contributed by atoms with Crippen molar-refractivity contribution in [1.29, 1.82) is 0 Å². The molecule has 0 N–H and O–H groups in total. The number of alkyl halides is 1. The van der Waals surface area contributed by atoms with Gasteiger partial charge in [0.2, 0.25) is 0 Å². The lowest BCUT2D eigenvalue weighted by Crippen LogP contribution is -1.99. The third-order valence-electron chi connectivity index (χ3n) is 2.94. The first-order chi connectivity index (χ1) is 8.49. The van der Waals surface area contributed by atoms with E-state index in [1.54, 1.807) is 6.07 Å². The minimum Gasteiger partial charge on any atom is -0.207 e. The van der Waals surface area contributed by atoms with Gasteiger partial charge in [0.25, 0.3) is 0 Å². The largest absolute Gasteiger partial charge is 0.207 e. The van der Waals surface area contributed by atoms with Crippen LogP contribution in [0.15, 0.2) is 40.9 Å². The summed E-state index contributed by atoms with van der Waals surface area (Å²) in [4.78, 5) is -0.120. The normalized spacial score (nSPS) is 12.5. The first-order valence-electron chi connectivity index (χ1n) is 5.65. The summed E-state index contributed by atoms with van der Waals surface area (Å²) in [5.41, 5.74) is 4.10. The fraction of sp³-hybridized carbons (Fsp3) is 0.200. The van der Waals surface area contributed by atoms with Crippen LogP contribution in [0.2, 0.25) is 0 Å². The fourth-order valence-electron chi connectivity index (χ4n) is 1.91. The maximum absolute atomic E-state index is 14.0. The molecule has 0 bridgehead atoms. The van der Waals surface area contributed by atoms with E-state index in [9.17, 15) is 4.39 Å². The van der Waals surface area contributed by atoms with Gasteiger partial charge in [0.15, 0.2) is 0 Å². The van der Waals surface area contributed by atoms with E-state index in [1.807, 2.05) is 19.9 Å². The molecule has 1 unspecified atom stereocenters. The monoisotopic (exact) mass is 370 g/mol. The van der Waals surface area contributed by atoms with Gasteiger partial charge in [0, 0.05) is 10.0 Å². The van der Waals surface area contributed by atoms with Crippen LogP contribution in [0.1, 0.15) is 27.1 Å². The summed E-state index contributed by atoms with van der Waals surface area (Å²) in [6.07, 6.45) is 0. The standard InChI is InChI=1S/C15H13Br2F/c1-9-3-4-10(2)13(7-9)15(17)12-6-5-11(16)8-14(12)18/h3-8,15H,1-2H3. The highest BCUT2D eigenvalue weighted by molar-refractivity contribution is 9.10. The van der Waals surface area contributed by atoms with Crippen LogP contribution in [0.25, 0.3) is 0 Å². The Balaban J connectivity index is 2.47. The SMILES string of the molecule is Cc1ccc(C)c(C(Br)c2ccc(Br)cc2F)c1. The summed E-state index contributed by atoms with van der Waals surface area (Å²) in [6.45, 7) is 4.08. The van der Waals surface area contributed by atoms with Crippen molar-refractivity contribution < 1.29 is 4.39 Å². The second kappa shape index (κ2) is 5.54. The van der Waals surface area contributed by atoms with Crippen LogP contribution in [0.4, 0.5) is 4.39 Å². The van der Waals surface area contributed by atoms with Gasteiger partial charge in [-0.25, -0.2) is 4.39 Å². The molecule has 0 nitrogen and oxygen atoms in total. The highest BCUT2D eigenvalue weighted by atomic mass is 79.9. The highest BCUT2D eigenvalue weighted by Crippen LogP contribution is 2.35. The maximum Gasteiger partial charge on any atom is 0.129 e. The summed E-state index contributed by atoms with van der Waals surface area (Å²) in [5, 5.41) is 0. The lowest BCUT2D eigenvalue weighted by molar-refractivity contribution is 0.612. The van der Waals surface area contributed by atoms with Crippen LogP contribution in [0.5, 0.6) is 0 Å². The summed E-state index contributed by atoms with van der Waals surface area (Å²) >= 11 is 6.87. The zero-order valence-electron chi connectivity index (χ0n) is 10.2. The van der Waals surface area contributed by atoms with Gasteiger partial charge in [-0.3, -0.25) is 0 Å². The Morgan fingerprint density at radius 1 is 1.00 bits per heavy atom. The molecule has 94 valence electrons. The predicted molar refractivity (Wildman–Crippen MR) is 80.8 cm³/mol. The summed E-state index contributed by atoms with van der Waals surface area (Å²) < 4.78 is 14.7. The summed E-state index contributed by atoms with van der Waals surface area (Å²) in [5.74, 6) is -0.202. The van der Waals surface area contributed by atoms with Gasteiger partial charge in [-0.1, -0.05) is 61.7 Å². The van der Waals surface area contributed by atoms with Gasteiger partial charge in [-0.15, -0.1) is 0 Å². The number of hydrogen-bond donors (Lipinski definition) is 0. The van der Waals surface area contributed by atoms with Crippen molar-refractivity contribution in [3.63, 3.8) is 0 Å². The molecule has 2 aromatic carbocycles. The van der Waals surface area contributed by atoms with Crippen molar-refractivity contribution in [1.82, 2.24) is 0 Å². The molecule has 1 atom stereocenters. The first-order valence-corrected chi connectivity index (χ1v) is 7.36. The van der Waals surface area contributed by atoms with Crippen LogP contribution in [-0.2, 0) is 0 Å². The van der Waals surface area contributed by atoms with Crippen molar-refractivity contribution in [2.24, 2.45) is 0 Å². The van der Waals surface area contributed by atoms with Gasteiger partial charge in [0.1, 0.15) is 5.82 Å². The molecule has 0 saturated carbocycles. The minimum absolute atomic E-state index is 0.120. The van der Waals surface area contributed by atoms with Crippen LogP contribution in [0.3, 0.4) is 0 Å². The average molecular weight is 372 g/mol. The van der Waals surface area contributed by atoms with E-state index in [4.69, 9.17) is 0 Å². The second-order valence-electron chi connectivity index (χ2n) is 4.39. The Morgan fingerprint density at radius 2 is 1.72 bits per heavy atom. The third kappa shape index (κ3) is 2.83. The van der Waals surface area contributed by atoms with Crippen LogP contribution < -0.4 is 0 Å². The van der Waals surface area contributed by atoms with Gasteiger partial charge in [-0.05, 0) is 37.1 Å². The van der Waals surface area contributed by atoms with Gasteiger partial charge >= 0.3 is 0 Å². The van der Waals surface area contributed by atoms with Gasteiger partial charge in [0.05, 0.1) is 4.83 Å². The molecule has 0 amide bonds. The van der Waals surface area contributed by atoms with Crippen LogP contribution >= 0.6 is 31.9 Å². The Morgan fingerprint density at radius 3 is 2.39 bits per heavy atom. The van der Waals surface area contributed by atoms with Crippen molar-refractivity contribution in [2.45, 2.75) is 18.7 Å². The fourth-order valence-corrected chi connectivity index (χ4v) is 3.11. The molecule has 0 fully saturated rings. The number of aryl methyl sites for hydroxylation is 2. The van der Waals surface area contributed by atoms with Crippen molar-refractivity contribution in [3.05, 3.63) is 68.9 Å². The smallest absolute Gasteiger partial charge is 0.129 e. The predicted octanol–water partition coefficient (Wildman–Crippen LogP) is 5.69. The molecular formula is C15H13Br2F. The molecular weight excluding hydrogens is 359 g/mol. The van der Waals surface area contributed by atoms with E-state index >= 15 is 0 Å². The van der Waals surface area contributed by atoms with E-state index < -0.39 is 0 Å². The van der Waals surface area contributed by atoms with Crippen molar-refractivity contribution >= 4 is 31.9 Å². The zero-order chi connectivity index (χ0) is 13.3. The van der Waals surface area contributed by atoms with E-state index in [-0.39, 0.29) is 10.6 Å². The Hall–Kier alpha value is -0.670. The summed E-state index contributed by atoms with van der Waals surface area (Å²) in [6, 6.07) is 11.4. The first kappa shape index (κ1) is 13.8. The number of benzene rings is 2.